The van der Waals surface area contributed by atoms with Crippen LogP contribution in [0.2, 0.25) is 0 Å². The lowest BCUT2D eigenvalue weighted by molar-refractivity contribution is -0.482. The van der Waals surface area contributed by atoms with Crippen molar-refractivity contribution in [2.24, 2.45) is 0 Å². The van der Waals surface area contributed by atoms with Crippen LogP contribution in [0.4, 0.5) is 110 Å². The van der Waals surface area contributed by atoms with Crippen LogP contribution < -0.4 is 0 Å². The van der Waals surface area contributed by atoms with Gasteiger partial charge in [0.15, 0.2) is 0 Å². The summed E-state index contributed by atoms with van der Waals surface area (Å²) in [6.07, 6.45) is -8.25. The SMILES string of the molecule is CCCCCCCCCCCCC(F)(F)C(F)(F)C(F)(F)C(F)(F)C(F)(F)C(F)(F)C(F)(F)C(F)(F)C(F)(F)C(F)(F)C(F)(F)C(F)(F)F. The summed E-state index contributed by atoms with van der Waals surface area (Å²) in [5.74, 6) is -97.6. The Morgan fingerprint density at radius 2 is 0.449 bits per heavy atom. The fourth-order valence-electron chi connectivity index (χ4n) is 3.98. The number of unbranched alkanes of at least 4 members (excludes halogenated alkanes) is 9. The molecule has 25 heteroatoms. The van der Waals surface area contributed by atoms with Crippen LogP contribution in [0.15, 0.2) is 0 Å². The van der Waals surface area contributed by atoms with E-state index in [0.29, 0.717) is 12.8 Å². The van der Waals surface area contributed by atoms with Crippen molar-refractivity contribution in [2.45, 2.75) is 149 Å². The van der Waals surface area contributed by atoms with Crippen molar-refractivity contribution in [3.05, 3.63) is 0 Å². The summed E-state index contributed by atoms with van der Waals surface area (Å²) in [5.41, 5.74) is 0. The molecular formula is C24H25F25. The molecule has 0 heterocycles. The van der Waals surface area contributed by atoms with Gasteiger partial charge in [-0.05, 0) is 6.42 Å². The largest absolute Gasteiger partial charge is 0.460 e. The molecule has 49 heavy (non-hydrogen) atoms. The highest BCUT2D eigenvalue weighted by molar-refractivity contribution is 5.19. The Morgan fingerprint density at radius 3 is 0.694 bits per heavy atom. The zero-order valence-electron chi connectivity index (χ0n) is 24.2. The molecule has 0 atom stereocenters. The lowest BCUT2D eigenvalue weighted by Crippen LogP contribution is -2.78. The predicted molar refractivity (Wildman–Crippen MR) is 117 cm³/mol. The van der Waals surface area contributed by atoms with Gasteiger partial charge in [0.2, 0.25) is 0 Å². The Labute approximate surface area is 259 Å². The highest BCUT2D eigenvalue weighted by Crippen LogP contribution is 2.68. The fraction of sp³-hybridized carbons (Fsp3) is 1.00. The summed E-state index contributed by atoms with van der Waals surface area (Å²) in [6, 6.07) is 0. The Morgan fingerprint density at radius 1 is 0.245 bits per heavy atom. The molecule has 296 valence electrons. The van der Waals surface area contributed by atoms with Gasteiger partial charge >= 0.3 is 71.3 Å². The Balaban J connectivity index is 6.49. The summed E-state index contributed by atoms with van der Waals surface area (Å²) >= 11 is 0. The molecule has 0 nitrogen and oxygen atoms in total. The number of halogens is 25. The van der Waals surface area contributed by atoms with Gasteiger partial charge in [-0.3, -0.25) is 0 Å². The first-order chi connectivity index (χ1) is 21.3. The molecule has 0 aliphatic carbocycles. The summed E-state index contributed by atoms with van der Waals surface area (Å²) < 4.78 is 337. The van der Waals surface area contributed by atoms with E-state index in [2.05, 4.69) is 0 Å². The van der Waals surface area contributed by atoms with E-state index in [9.17, 15) is 110 Å². The summed E-state index contributed by atoms with van der Waals surface area (Å²) in [5, 5.41) is 0. The molecule has 0 saturated carbocycles. The first-order valence-electron chi connectivity index (χ1n) is 13.5. The van der Waals surface area contributed by atoms with Crippen molar-refractivity contribution in [3.8, 4) is 0 Å². The van der Waals surface area contributed by atoms with E-state index in [1.165, 1.54) is 0 Å². The molecule has 0 unspecified atom stereocenters. The number of rotatable bonds is 21. The molecule has 0 spiro atoms. The third kappa shape index (κ3) is 7.45. The van der Waals surface area contributed by atoms with Crippen LogP contribution in [0, 0.1) is 0 Å². The Hall–Kier alpha value is -1.75. The molecular weight excluding hydrogens is 763 g/mol. The van der Waals surface area contributed by atoms with E-state index in [4.69, 9.17) is 0 Å². The van der Waals surface area contributed by atoms with Gasteiger partial charge in [-0.1, -0.05) is 64.7 Å². The van der Waals surface area contributed by atoms with Crippen LogP contribution >= 0.6 is 0 Å². The first-order valence-corrected chi connectivity index (χ1v) is 13.5. The van der Waals surface area contributed by atoms with E-state index in [1.54, 1.807) is 0 Å². The standard InChI is InChI=1S/C24H25F25/c1-2-3-4-5-6-7-8-9-10-11-12-13(25,26)14(27,28)15(29,30)16(31,32)17(33,34)18(35,36)19(37,38)20(39,40)21(41,42)22(43,44)23(45,46)24(47,48)49/h2-12H2,1H3. The van der Waals surface area contributed by atoms with E-state index in [1.807, 2.05) is 6.92 Å². The zero-order chi connectivity index (χ0) is 39.8. The van der Waals surface area contributed by atoms with Crippen molar-refractivity contribution >= 4 is 0 Å². The smallest absolute Gasteiger partial charge is 0.200 e. The van der Waals surface area contributed by atoms with Gasteiger partial charge in [0.05, 0.1) is 0 Å². The molecule has 0 aromatic carbocycles. The molecule has 0 amide bonds. The average Bonchev–Trinajstić information content (AvgIpc) is 2.92. The van der Waals surface area contributed by atoms with Crippen molar-refractivity contribution in [3.63, 3.8) is 0 Å². The molecule has 0 fully saturated rings. The number of hydrogen-bond donors (Lipinski definition) is 0. The molecule has 0 aromatic heterocycles. The maximum absolute atomic E-state index is 14.0. The molecule has 0 bridgehead atoms. The second-order valence-corrected chi connectivity index (χ2v) is 10.9. The molecule has 0 radical (unpaired) electrons. The zero-order valence-corrected chi connectivity index (χ0v) is 24.2. The summed E-state index contributed by atoms with van der Waals surface area (Å²) in [6.45, 7) is 1.88. The van der Waals surface area contributed by atoms with E-state index >= 15 is 0 Å². The van der Waals surface area contributed by atoms with Crippen molar-refractivity contribution < 1.29 is 110 Å². The number of alkyl halides is 25. The van der Waals surface area contributed by atoms with E-state index in [0.717, 1.165) is 25.7 Å². The Bertz CT molecular complexity index is 1050. The minimum Gasteiger partial charge on any atom is -0.200 e. The van der Waals surface area contributed by atoms with Crippen molar-refractivity contribution in [1.29, 1.82) is 0 Å². The van der Waals surface area contributed by atoms with Gasteiger partial charge in [-0.2, -0.15) is 110 Å². The van der Waals surface area contributed by atoms with Gasteiger partial charge in [-0.25, -0.2) is 0 Å². The van der Waals surface area contributed by atoms with Crippen LogP contribution in [-0.2, 0) is 0 Å². The lowest BCUT2D eigenvalue weighted by atomic mass is 9.84. The van der Waals surface area contributed by atoms with Crippen LogP contribution in [0.1, 0.15) is 77.6 Å². The maximum atomic E-state index is 14.0. The average molecular weight is 788 g/mol. The van der Waals surface area contributed by atoms with Gasteiger partial charge in [0.1, 0.15) is 0 Å². The van der Waals surface area contributed by atoms with Crippen LogP contribution in [0.3, 0.4) is 0 Å². The predicted octanol–water partition coefficient (Wildman–Crippen LogP) is 12.8. The van der Waals surface area contributed by atoms with Crippen LogP contribution in [0.5, 0.6) is 0 Å². The maximum Gasteiger partial charge on any atom is 0.460 e. The van der Waals surface area contributed by atoms with Crippen molar-refractivity contribution in [1.82, 2.24) is 0 Å². The minimum absolute atomic E-state index is 0.103. The number of hydrogen-bond acceptors (Lipinski definition) is 0. The molecule has 0 aliphatic heterocycles. The van der Waals surface area contributed by atoms with E-state index in [-0.39, 0.29) is 12.8 Å². The summed E-state index contributed by atoms with van der Waals surface area (Å²) in [7, 11) is 0. The second kappa shape index (κ2) is 14.3. The minimum atomic E-state index is -9.56. The molecule has 0 N–H and O–H groups in total. The lowest BCUT2D eigenvalue weighted by Gasteiger charge is -2.45. The quantitative estimate of drug-likeness (QED) is 0.0803. The third-order valence-corrected chi connectivity index (χ3v) is 7.21. The summed E-state index contributed by atoms with van der Waals surface area (Å²) in [4.78, 5) is 0. The van der Waals surface area contributed by atoms with E-state index < -0.39 is 90.6 Å². The topological polar surface area (TPSA) is 0 Å². The van der Waals surface area contributed by atoms with Crippen LogP contribution in [0.25, 0.3) is 0 Å². The highest BCUT2D eigenvalue weighted by atomic mass is 19.4. The molecule has 0 aromatic rings. The van der Waals surface area contributed by atoms with Gasteiger partial charge in [0, 0.05) is 6.42 Å². The second-order valence-electron chi connectivity index (χ2n) is 10.9. The monoisotopic (exact) mass is 788 g/mol. The van der Waals surface area contributed by atoms with Gasteiger partial charge < -0.3 is 0 Å². The third-order valence-electron chi connectivity index (χ3n) is 7.21. The highest BCUT2D eigenvalue weighted by Gasteiger charge is 2.99. The van der Waals surface area contributed by atoms with Crippen molar-refractivity contribution in [2.75, 3.05) is 0 Å². The van der Waals surface area contributed by atoms with Gasteiger partial charge in [-0.15, -0.1) is 0 Å². The Kier molecular flexibility index (Phi) is 13.8. The molecule has 0 saturated heterocycles. The first kappa shape index (κ1) is 47.2. The molecule has 0 rings (SSSR count). The normalized spacial score (nSPS) is 16.0. The molecule has 0 aliphatic rings. The van der Waals surface area contributed by atoms with Crippen LogP contribution in [-0.4, -0.2) is 71.3 Å². The van der Waals surface area contributed by atoms with Gasteiger partial charge in [0.25, 0.3) is 0 Å². The fourth-order valence-corrected chi connectivity index (χ4v) is 3.98.